The summed E-state index contributed by atoms with van der Waals surface area (Å²) in [6, 6.07) is 12.1. The molecule has 1 N–H and O–H groups in total. The van der Waals surface area contributed by atoms with Gasteiger partial charge in [-0.25, -0.2) is 8.42 Å². The Balaban J connectivity index is 2.13. The Bertz CT molecular complexity index is 906. The van der Waals surface area contributed by atoms with E-state index in [1.165, 1.54) is 11.4 Å². The van der Waals surface area contributed by atoms with E-state index in [9.17, 15) is 13.2 Å². The second kappa shape index (κ2) is 5.94. The molecule has 1 aliphatic heterocycles. The molecule has 0 saturated heterocycles. The van der Waals surface area contributed by atoms with Gasteiger partial charge < -0.3 is 5.32 Å². The molecule has 1 amide bonds. The molecule has 1 heterocycles. The molecule has 0 unspecified atom stereocenters. The Hall–Kier alpha value is -2.34. The summed E-state index contributed by atoms with van der Waals surface area (Å²) in [4.78, 5) is 12.6. The minimum Gasteiger partial charge on any atom is -0.350 e. The van der Waals surface area contributed by atoms with E-state index in [4.69, 9.17) is 0 Å². The number of hydrogen-bond donors (Lipinski definition) is 1. The number of carbonyl (C=O) groups excluding carboxylic acids is 1. The lowest BCUT2D eigenvalue weighted by Gasteiger charge is -2.29. The van der Waals surface area contributed by atoms with E-state index in [2.05, 4.69) is 5.32 Å². The van der Waals surface area contributed by atoms with Gasteiger partial charge in [0.25, 0.3) is 15.9 Å². The maximum atomic E-state index is 12.6. The lowest BCUT2D eigenvalue weighted by molar-refractivity contribution is 0.0939. The summed E-state index contributed by atoms with van der Waals surface area (Å²) in [5.41, 5.74) is 2.48. The highest BCUT2D eigenvalue weighted by molar-refractivity contribution is 7.93. The minimum absolute atomic E-state index is 0.0869. The first-order valence-corrected chi connectivity index (χ1v) is 9.33. The van der Waals surface area contributed by atoms with Crippen LogP contribution in [0.3, 0.4) is 0 Å². The first-order chi connectivity index (χ1) is 11.4. The van der Waals surface area contributed by atoms with E-state index in [0.717, 1.165) is 12.0 Å². The minimum atomic E-state index is -3.56. The van der Waals surface area contributed by atoms with Crippen molar-refractivity contribution in [2.75, 3.05) is 11.4 Å². The number of carbonyl (C=O) groups is 1. The summed E-state index contributed by atoms with van der Waals surface area (Å²) >= 11 is 0. The Morgan fingerprint density at radius 3 is 2.58 bits per heavy atom. The van der Waals surface area contributed by atoms with Crippen molar-refractivity contribution in [1.29, 1.82) is 0 Å². The average Bonchev–Trinajstić information content (AvgIpc) is 2.59. The number of benzene rings is 2. The first-order valence-electron chi connectivity index (χ1n) is 7.89. The zero-order valence-electron chi connectivity index (χ0n) is 13.9. The molecule has 126 valence electrons. The van der Waals surface area contributed by atoms with Crippen molar-refractivity contribution in [1.82, 2.24) is 5.32 Å². The molecule has 0 fully saturated rings. The fraction of sp³-hybridized carbons (Fsp3) is 0.278. The molecule has 0 spiro atoms. The Morgan fingerprint density at radius 2 is 1.88 bits per heavy atom. The molecule has 2 aromatic carbocycles. The maximum absolute atomic E-state index is 12.6. The third-order valence-corrected chi connectivity index (χ3v) is 6.23. The van der Waals surface area contributed by atoms with Crippen molar-refractivity contribution in [3.8, 4) is 11.1 Å². The summed E-state index contributed by atoms with van der Waals surface area (Å²) in [6.07, 6.45) is 0.848. The summed E-state index contributed by atoms with van der Waals surface area (Å²) in [5.74, 6) is -0.152. The van der Waals surface area contributed by atoms with Crippen LogP contribution in [0.25, 0.3) is 11.1 Å². The van der Waals surface area contributed by atoms with E-state index in [-0.39, 0.29) is 16.8 Å². The highest BCUT2D eigenvalue weighted by Gasteiger charge is 2.32. The van der Waals surface area contributed by atoms with E-state index < -0.39 is 10.0 Å². The summed E-state index contributed by atoms with van der Waals surface area (Å²) in [7, 11) is -2.03. The summed E-state index contributed by atoms with van der Waals surface area (Å²) in [5, 5.41) is 2.93. The van der Waals surface area contributed by atoms with Gasteiger partial charge in [0.05, 0.1) is 10.6 Å². The standard InChI is InChI=1S/C18H20N2O3S/c1-4-12(2)19-18(21)13-9-10-16-15(11-13)14-7-5-6-8-17(14)24(22,23)20(16)3/h5-12H,4H2,1-3H3,(H,19,21)/t12-/m1/s1. The van der Waals surface area contributed by atoms with Crippen LogP contribution in [0, 0.1) is 0 Å². The zero-order valence-corrected chi connectivity index (χ0v) is 14.7. The van der Waals surface area contributed by atoms with Crippen LogP contribution in [0.2, 0.25) is 0 Å². The number of rotatable bonds is 3. The average molecular weight is 344 g/mol. The van der Waals surface area contributed by atoms with Crippen LogP contribution >= 0.6 is 0 Å². The highest BCUT2D eigenvalue weighted by Crippen LogP contribution is 2.42. The number of sulfonamides is 1. The SMILES string of the molecule is CC[C@@H](C)NC(=O)c1ccc2c(c1)-c1ccccc1S(=O)(=O)N2C. The van der Waals surface area contributed by atoms with Crippen LogP contribution in [-0.2, 0) is 10.0 Å². The molecular formula is C18H20N2O3S. The number of amides is 1. The Labute approximate surface area is 142 Å². The maximum Gasteiger partial charge on any atom is 0.264 e. The fourth-order valence-corrected chi connectivity index (χ4v) is 4.19. The molecule has 0 aliphatic carbocycles. The smallest absolute Gasteiger partial charge is 0.264 e. The number of nitrogens with zero attached hydrogens (tertiary/aromatic N) is 1. The second-order valence-electron chi connectivity index (χ2n) is 5.98. The molecule has 3 rings (SSSR count). The molecule has 6 heteroatoms. The number of hydrogen-bond acceptors (Lipinski definition) is 3. The lowest BCUT2D eigenvalue weighted by Crippen LogP contribution is -2.33. The van der Waals surface area contributed by atoms with Crippen LogP contribution in [0.5, 0.6) is 0 Å². The quantitative estimate of drug-likeness (QED) is 0.931. The Morgan fingerprint density at radius 1 is 1.17 bits per heavy atom. The van der Waals surface area contributed by atoms with E-state index in [1.54, 1.807) is 42.5 Å². The van der Waals surface area contributed by atoms with E-state index >= 15 is 0 Å². The van der Waals surface area contributed by atoms with Gasteiger partial charge in [0.15, 0.2) is 0 Å². The van der Waals surface area contributed by atoms with Gasteiger partial charge in [-0.1, -0.05) is 25.1 Å². The van der Waals surface area contributed by atoms with Crippen LogP contribution in [0.1, 0.15) is 30.6 Å². The van der Waals surface area contributed by atoms with Crippen molar-refractivity contribution in [3.05, 3.63) is 48.0 Å². The van der Waals surface area contributed by atoms with Crippen LogP contribution in [-0.4, -0.2) is 27.4 Å². The van der Waals surface area contributed by atoms with Gasteiger partial charge in [-0.15, -0.1) is 0 Å². The topological polar surface area (TPSA) is 66.5 Å². The molecule has 0 aromatic heterocycles. The molecule has 0 radical (unpaired) electrons. The van der Waals surface area contributed by atoms with Gasteiger partial charge in [-0.2, -0.15) is 0 Å². The highest BCUT2D eigenvalue weighted by atomic mass is 32.2. The van der Waals surface area contributed by atoms with Crippen molar-refractivity contribution >= 4 is 21.6 Å². The lowest BCUT2D eigenvalue weighted by atomic mass is 10.00. The molecule has 1 atom stereocenters. The van der Waals surface area contributed by atoms with Crippen molar-refractivity contribution in [2.45, 2.75) is 31.2 Å². The fourth-order valence-electron chi connectivity index (χ4n) is 2.77. The summed E-state index contributed by atoms with van der Waals surface area (Å²) in [6.45, 7) is 3.96. The predicted octanol–water partition coefficient (Wildman–Crippen LogP) is 3.02. The van der Waals surface area contributed by atoms with Crippen molar-refractivity contribution < 1.29 is 13.2 Å². The largest absolute Gasteiger partial charge is 0.350 e. The van der Waals surface area contributed by atoms with Crippen molar-refractivity contribution in [2.24, 2.45) is 0 Å². The third kappa shape index (κ3) is 2.57. The third-order valence-electron chi connectivity index (χ3n) is 4.40. The molecule has 2 aromatic rings. The molecule has 1 aliphatic rings. The number of nitrogens with one attached hydrogen (secondary N) is 1. The van der Waals surface area contributed by atoms with Crippen LogP contribution in [0.15, 0.2) is 47.4 Å². The van der Waals surface area contributed by atoms with Crippen LogP contribution in [0.4, 0.5) is 5.69 Å². The molecule has 24 heavy (non-hydrogen) atoms. The Kier molecular flexibility index (Phi) is 4.09. The van der Waals surface area contributed by atoms with Gasteiger partial charge in [-0.05, 0) is 37.6 Å². The predicted molar refractivity (Wildman–Crippen MR) is 94.7 cm³/mol. The van der Waals surface area contributed by atoms with Crippen LogP contribution < -0.4 is 9.62 Å². The number of fused-ring (bicyclic) bond motifs is 3. The van der Waals surface area contributed by atoms with Crippen molar-refractivity contribution in [3.63, 3.8) is 0 Å². The van der Waals surface area contributed by atoms with Gasteiger partial charge in [0.1, 0.15) is 0 Å². The van der Waals surface area contributed by atoms with Gasteiger partial charge in [0, 0.05) is 29.8 Å². The zero-order chi connectivity index (χ0) is 17.5. The normalized spacial score (nSPS) is 16.0. The monoisotopic (exact) mass is 344 g/mol. The van der Waals surface area contributed by atoms with Gasteiger partial charge in [0.2, 0.25) is 0 Å². The van der Waals surface area contributed by atoms with Gasteiger partial charge in [-0.3, -0.25) is 9.10 Å². The van der Waals surface area contributed by atoms with E-state index in [0.29, 0.717) is 16.8 Å². The molecular weight excluding hydrogens is 324 g/mol. The molecule has 5 nitrogen and oxygen atoms in total. The second-order valence-corrected chi connectivity index (χ2v) is 7.92. The summed E-state index contributed by atoms with van der Waals surface area (Å²) < 4.78 is 26.5. The first kappa shape index (κ1) is 16.5. The molecule has 0 saturated carbocycles. The number of anilines is 1. The van der Waals surface area contributed by atoms with E-state index in [1.807, 2.05) is 13.8 Å². The molecule has 0 bridgehead atoms. The van der Waals surface area contributed by atoms with Gasteiger partial charge >= 0.3 is 0 Å².